The van der Waals surface area contributed by atoms with E-state index in [9.17, 15) is 9.59 Å². The molecule has 1 amide bonds. The van der Waals surface area contributed by atoms with Crippen molar-refractivity contribution in [3.63, 3.8) is 0 Å². The molecule has 136 valence electrons. The lowest BCUT2D eigenvalue weighted by atomic mass is 10.2. The van der Waals surface area contributed by atoms with E-state index in [0.29, 0.717) is 22.3 Å². The van der Waals surface area contributed by atoms with E-state index in [1.54, 1.807) is 19.3 Å². The summed E-state index contributed by atoms with van der Waals surface area (Å²) >= 11 is 2.71. The number of nitrogens with one attached hydrogen (secondary N) is 1. The van der Waals surface area contributed by atoms with Crippen LogP contribution in [0, 0.1) is 0 Å². The quantitative estimate of drug-likeness (QED) is 0.556. The van der Waals surface area contributed by atoms with Crippen molar-refractivity contribution < 1.29 is 14.3 Å². The topological polar surface area (TPSA) is 86.1 Å². The predicted molar refractivity (Wildman–Crippen MR) is 99.4 cm³/mol. The molecule has 0 aliphatic carbocycles. The molecule has 25 heavy (non-hydrogen) atoms. The van der Waals surface area contributed by atoms with Crippen molar-refractivity contribution in [1.29, 1.82) is 0 Å². The second-order valence-electron chi connectivity index (χ2n) is 5.48. The van der Waals surface area contributed by atoms with E-state index in [1.165, 1.54) is 23.1 Å². The minimum Gasteiger partial charge on any atom is -0.462 e. The van der Waals surface area contributed by atoms with Gasteiger partial charge in [-0.1, -0.05) is 18.7 Å². The zero-order valence-corrected chi connectivity index (χ0v) is 16.4. The fraction of sp³-hybridized carbons (Fsp3) is 0.500. The lowest BCUT2D eigenvalue weighted by Crippen LogP contribution is -2.16. The number of aromatic nitrogens is 3. The van der Waals surface area contributed by atoms with Gasteiger partial charge >= 0.3 is 5.97 Å². The first-order valence-corrected chi connectivity index (χ1v) is 9.88. The van der Waals surface area contributed by atoms with Crippen LogP contribution < -0.4 is 5.32 Å². The number of rotatable bonds is 8. The standard InChI is InChI=1S/C16H22N4O3S2/c1-5-11-7-12(15(22)23-6-2)14(25-11)18-13(21)8-24-16-19-17-9-20(16)10(3)4/h7,9-10H,5-6,8H2,1-4H3,(H,18,21). The number of nitrogens with zero attached hydrogens (tertiary/aromatic N) is 3. The molecule has 0 unspecified atom stereocenters. The number of ether oxygens (including phenoxy) is 1. The van der Waals surface area contributed by atoms with Gasteiger partial charge in [0.25, 0.3) is 0 Å². The largest absolute Gasteiger partial charge is 0.462 e. The second kappa shape index (κ2) is 9.00. The van der Waals surface area contributed by atoms with Crippen LogP contribution in [0.5, 0.6) is 0 Å². The van der Waals surface area contributed by atoms with Gasteiger partial charge in [-0.15, -0.1) is 21.5 Å². The molecular formula is C16H22N4O3S2. The Kier molecular flexibility index (Phi) is 7.01. The molecule has 2 aromatic heterocycles. The molecule has 0 aliphatic heterocycles. The Morgan fingerprint density at radius 3 is 2.80 bits per heavy atom. The van der Waals surface area contributed by atoms with Crippen LogP contribution in [0.3, 0.4) is 0 Å². The van der Waals surface area contributed by atoms with Crippen molar-refractivity contribution in [1.82, 2.24) is 14.8 Å². The molecule has 9 heteroatoms. The molecule has 2 rings (SSSR count). The maximum Gasteiger partial charge on any atom is 0.341 e. The van der Waals surface area contributed by atoms with E-state index in [4.69, 9.17) is 4.74 Å². The zero-order valence-electron chi connectivity index (χ0n) is 14.7. The summed E-state index contributed by atoms with van der Waals surface area (Å²) in [6, 6.07) is 2.00. The molecule has 0 saturated heterocycles. The lowest BCUT2D eigenvalue weighted by Gasteiger charge is -2.09. The fourth-order valence-electron chi connectivity index (χ4n) is 2.05. The minimum atomic E-state index is -0.416. The number of carbonyl (C=O) groups is 2. The van der Waals surface area contributed by atoms with Crippen LogP contribution in [0.25, 0.3) is 0 Å². The van der Waals surface area contributed by atoms with Crippen molar-refractivity contribution in [2.45, 2.75) is 45.3 Å². The highest BCUT2D eigenvalue weighted by molar-refractivity contribution is 7.99. The Bertz CT molecular complexity index is 740. The Balaban J connectivity index is 2.03. The number of aryl methyl sites for hydroxylation is 1. The Morgan fingerprint density at radius 2 is 2.16 bits per heavy atom. The molecule has 0 aliphatic rings. The molecule has 0 bridgehead atoms. The van der Waals surface area contributed by atoms with Gasteiger partial charge in [-0.25, -0.2) is 4.79 Å². The number of anilines is 1. The van der Waals surface area contributed by atoms with Gasteiger partial charge in [0.05, 0.1) is 17.9 Å². The normalized spacial score (nSPS) is 10.9. The summed E-state index contributed by atoms with van der Waals surface area (Å²) in [6.45, 7) is 8.10. The summed E-state index contributed by atoms with van der Waals surface area (Å²) in [5, 5.41) is 11.9. The molecule has 0 fully saturated rings. The van der Waals surface area contributed by atoms with Crippen molar-refractivity contribution in [2.75, 3.05) is 17.7 Å². The Labute approximate surface area is 155 Å². The van der Waals surface area contributed by atoms with Crippen LogP contribution in [0.15, 0.2) is 17.6 Å². The van der Waals surface area contributed by atoms with Crippen LogP contribution in [0.4, 0.5) is 5.00 Å². The number of hydrogen-bond donors (Lipinski definition) is 1. The van der Waals surface area contributed by atoms with Crippen LogP contribution in [-0.4, -0.2) is 39.0 Å². The van der Waals surface area contributed by atoms with Gasteiger partial charge in [0.1, 0.15) is 11.3 Å². The van der Waals surface area contributed by atoms with Gasteiger partial charge in [0, 0.05) is 10.9 Å². The molecule has 0 aromatic carbocycles. The highest BCUT2D eigenvalue weighted by Crippen LogP contribution is 2.30. The third-order valence-electron chi connectivity index (χ3n) is 3.31. The smallest absolute Gasteiger partial charge is 0.341 e. The number of carbonyl (C=O) groups excluding carboxylic acids is 2. The fourth-order valence-corrected chi connectivity index (χ4v) is 3.90. The first-order valence-electron chi connectivity index (χ1n) is 8.08. The van der Waals surface area contributed by atoms with Crippen molar-refractivity contribution in [2.24, 2.45) is 0 Å². The summed E-state index contributed by atoms with van der Waals surface area (Å²) in [7, 11) is 0. The SMILES string of the molecule is CCOC(=O)c1cc(CC)sc1NC(=O)CSc1nncn1C(C)C. The number of amides is 1. The van der Waals surface area contributed by atoms with E-state index >= 15 is 0 Å². The summed E-state index contributed by atoms with van der Waals surface area (Å²) in [4.78, 5) is 25.4. The zero-order chi connectivity index (χ0) is 18.4. The summed E-state index contributed by atoms with van der Waals surface area (Å²) in [5.74, 6) is -0.424. The van der Waals surface area contributed by atoms with Gasteiger partial charge in [0.15, 0.2) is 5.16 Å². The van der Waals surface area contributed by atoms with Crippen LogP contribution >= 0.6 is 23.1 Å². The number of thiophene rings is 1. The van der Waals surface area contributed by atoms with E-state index in [2.05, 4.69) is 15.5 Å². The molecule has 1 N–H and O–H groups in total. The molecular weight excluding hydrogens is 360 g/mol. The van der Waals surface area contributed by atoms with E-state index in [-0.39, 0.29) is 17.7 Å². The Morgan fingerprint density at radius 1 is 1.40 bits per heavy atom. The van der Waals surface area contributed by atoms with E-state index in [1.807, 2.05) is 25.3 Å². The van der Waals surface area contributed by atoms with Crippen molar-refractivity contribution in [3.05, 3.63) is 22.8 Å². The minimum absolute atomic E-state index is 0.188. The monoisotopic (exact) mass is 382 g/mol. The molecule has 2 heterocycles. The summed E-state index contributed by atoms with van der Waals surface area (Å²) in [6.07, 6.45) is 2.44. The van der Waals surface area contributed by atoms with Crippen LogP contribution in [0.2, 0.25) is 0 Å². The molecule has 0 atom stereocenters. The molecule has 2 aromatic rings. The number of hydrogen-bond acceptors (Lipinski definition) is 7. The average Bonchev–Trinajstić information content (AvgIpc) is 3.19. The Hall–Kier alpha value is -1.87. The maximum absolute atomic E-state index is 12.3. The van der Waals surface area contributed by atoms with E-state index < -0.39 is 5.97 Å². The van der Waals surface area contributed by atoms with Gasteiger partial charge < -0.3 is 14.6 Å². The predicted octanol–water partition coefficient (Wildman–Crippen LogP) is 3.39. The van der Waals surface area contributed by atoms with Gasteiger partial charge in [-0.3, -0.25) is 4.79 Å². The van der Waals surface area contributed by atoms with Gasteiger partial charge in [-0.05, 0) is 33.3 Å². The number of esters is 1. The van der Waals surface area contributed by atoms with Crippen LogP contribution in [0.1, 0.15) is 49.0 Å². The first-order chi connectivity index (χ1) is 12.0. The van der Waals surface area contributed by atoms with Crippen molar-refractivity contribution in [3.8, 4) is 0 Å². The third-order valence-corrected chi connectivity index (χ3v) is 5.46. The molecule has 0 saturated carbocycles. The average molecular weight is 383 g/mol. The van der Waals surface area contributed by atoms with Gasteiger partial charge in [0.2, 0.25) is 5.91 Å². The third kappa shape index (κ3) is 5.05. The van der Waals surface area contributed by atoms with Crippen LogP contribution in [-0.2, 0) is 16.0 Å². The molecule has 7 nitrogen and oxygen atoms in total. The maximum atomic E-state index is 12.3. The summed E-state index contributed by atoms with van der Waals surface area (Å²) in [5.41, 5.74) is 0.410. The second-order valence-corrected chi connectivity index (χ2v) is 7.56. The highest BCUT2D eigenvalue weighted by atomic mass is 32.2. The van der Waals surface area contributed by atoms with Gasteiger partial charge in [-0.2, -0.15) is 0 Å². The van der Waals surface area contributed by atoms with E-state index in [0.717, 1.165) is 11.3 Å². The number of thioether (sulfide) groups is 1. The molecule has 0 spiro atoms. The first kappa shape index (κ1) is 19.5. The molecule has 0 radical (unpaired) electrons. The van der Waals surface area contributed by atoms with Crippen molar-refractivity contribution >= 4 is 40.0 Å². The lowest BCUT2D eigenvalue weighted by molar-refractivity contribution is -0.113. The highest BCUT2D eigenvalue weighted by Gasteiger charge is 2.19. The summed E-state index contributed by atoms with van der Waals surface area (Å²) < 4.78 is 6.96.